The lowest BCUT2D eigenvalue weighted by Crippen LogP contribution is -1.84. The first-order valence-corrected chi connectivity index (χ1v) is 3.66. The molecule has 2 heteroatoms. The van der Waals surface area contributed by atoms with Crippen molar-refractivity contribution in [1.29, 1.82) is 0 Å². The van der Waals surface area contributed by atoms with Crippen molar-refractivity contribution in [2.45, 2.75) is 0 Å². The van der Waals surface area contributed by atoms with Crippen molar-refractivity contribution in [3.8, 4) is 0 Å². The zero-order valence-electron chi connectivity index (χ0n) is 4.47. The van der Waals surface area contributed by atoms with E-state index in [9.17, 15) is 4.39 Å². The maximum atomic E-state index is 11.8. The highest BCUT2D eigenvalue weighted by Gasteiger charge is 1.93. The van der Waals surface area contributed by atoms with Crippen LogP contribution >= 0.6 is 8.58 Å². The van der Waals surface area contributed by atoms with Gasteiger partial charge in [0.25, 0.3) is 0 Å². The first-order chi connectivity index (χ1) is 3.93. The van der Waals surface area contributed by atoms with Crippen molar-refractivity contribution >= 4 is 8.58 Å². The molecule has 0 saturated heterocycles. The van der Waals surface area contributed by atoms with Gasteiger partial charge in [0, 0.05) is 0 Å². The molecule has 0 nitrogen and oxygen atoms in total. The molecule has 0 unspecified atom stereocenters. The van der Waals surface area contributed by atoms with Crippen molar-refractivity contribution in [2.24, 2.45) is 0 Å². The first kappa shape index (κ1) is 5.97. The van der Waals surface area contributed by atoms with Crippen LogP contribution in [0, 0.1) is 0 Å². The zero-order valence-corrected chi connectivity index (χ0v) is 5.37. The van der Waals surface area contributed by atoms with Gasteiger partial charge in [0.1, 0.15) is 6.67 Å². The Bertz CT molecular complexity index is 126. The Labute approximate surface area is 50.3 Å². The number of rotatable bonds is 1. The third-order valence-electron chi connectivity index (χ3n) is 1.01. The van der Waals surface area contributed by atoms with Crippen LogP contribution in [0.3, 0.4) is 0 Å². The summed E-state index contributed by atoms with van der Waals surface area (Å²) in [7, 11) is 1.28. The molecule has 43 valence electrons. The van der Waals surface area contributed by atoms with Crippen LogP contribution in [-0.4, -0.2) is 12.8 Å². The third-order valence-corrected chi connectivity index (χ3v) is 1.76. The molecule has 0 aromatic rings. The van der Waals surface area contributed by atoms with Gasteiger partial charge in [0.05, 0.1) is 0 Å². The van der Waals surface area contributed by atoms with Crippen LogP contribution in [0.15, 0.2) is 23.5 Å². The van der Waals surface area contributed by atoms with E-state index in [1.165, 1.54) is 8.58 Å². The van der Waals surface area contributed by atoms with Crippen LogP contribution in [0.25, 0.3) is 0 Å². The van der Waals surface area contributed by atoms with E-state index in [0.717, 1.165) is 11.7 Å². The predicted octanol–water partition coefficient (Wildman–Crippen LogP) is 2.36. The lowest BCUT2D eigenvalue weighted by atomic mass is 10.3. The summed E-state index contributed by atoms with van der Waals surface area (Å²) in [5, 5.41) is 0. The topological polar surface area (TPSA) is 0 Å². The summed E-state index contributed by atoms with van der Waals surface area (Å²) in [6, 6.07) is 0. The first-order valence-electron chi connectivity index (χ1n) is 2.51. The summed E-state index contributed by atoms with van der Waals surface area (Å²) >= 11 is 0. The Balaban J connectivity index is 2.51. The van der Waals surface area contributed by atoms with E-state index >= 15 is 0 Å². The molecule has 1 aliphatic rings. The highest BCUT2D eigenvalue weighted by Crippen LogP contribution is 2.19. The maximum absolute atomic E-state index is 11.8. The highest BCUT2D eigenvalue weighted by molar-refractivity contribution is 7.41. The maximum Gasteiger partial charge on any atom is 0.114 e. The van der Waals surface area contributed by atoms with Crippen molar-refractivity contribution in [3.63, 3.8) is 0 Å². The molecule has 0 aliphatic carbocycles. The molecule has 0 saturated carbocycles. The second-order valence-corrected chi connectivity index (χ2v) is 2.62. The molecule has 0 N–H and O–H groups in total. The normalized spacial score (nSPS) is 21.4. The van der Waals surface area contributed by atoms with Gasteiger partial charge in [0.15, 0.2) is 0 Å². The summed E-state index contributed by atoms with van der Waals surface area (Å²) in [6.07, 6.45) is 4.75. The molecule has 1 radical (unpaired) electrons. The third kappa shape index (κ3) is 1.41. The van der Waals surface area contributed by atoms with E-state index < -0.39 is 0 Å². The van der Waals surface area contributed by atoms with Crippen molar-refractivity contribution < 1.29 is 4.39 Å². The molecule has 0 spiro atoms. The fourth-order valence-electron chi connectivity index (χ4n) is 0.546. The minimum atomic E-state index is -0.313. The van der Waals surface area contributed by atoms with Crippen LogP contribution in [0.4, 0.5) is 4.39 Å². The van der Waals surface area contributed by atoms with E-state index in [4.69, 9.17) is 0 Å². The van der Waals surface area contributed by atoms with E-state index in [0.29, 0.717) is 0 Å². The molecular weight excluding hydrogens is 122 g/mol. The summed E-state index contributed by atoms with van der Waals surface area (Å²) in [4.78, 5) is 0. The smallest absolute Gasteiger partial charge is 0.114 e. The Hall–Kier alpha value is -0.160. The zero-order chi connectivity index (χ0) is 5.82. The summed E-state index contributed by atoms with van der Waals surface area (Å²) in [6.45, 7) is -0.313. The second kappa shape index (κ2) is 2.99. The molecule has 1 aliphatic heterocycles. The fraction of sp³-hybridized carbons (Fsp3) is 0.333. The minimum absolute atomic E-state index is 0.313. The van der Waals surface area contributed by atoms with Gasteiger partial charge in [-0.2, -0.15) is 0 Å². The van der Waals surface area contributed by atoms with Gasteiger partial charge in [-0.1, -0.05) is 18.0 Å². The Kier molecular flexibility index (Phi) is 2.23. The van der Waals surface area contributed by atoms with E-state index in [1.807, 2.05) is 18.0 Å². The average Bonchev–Trinajstić information content (AvgIpc) is 1.90. The van der Waals surface area contributed by atoms with Gasteiger partial charge in [-0.3, -0.25) is 0 Å². The second-order valence-electron chi connectivity index (χ2n) is 1.59. The molecule has 0 bridgehead atoms. The molecule has 8 heavy (non-hydrogen) atoms. The quantitative estimate of drug-likeness (QED) is 0.477. The largest absolute Gasteiger partial charge is 0.246 e. The van der Waals surface area contributed by atoms with E-state index in [2.05, 4.69) is 0 Å². The van der Waals surface area contributed by atoms with Crippen LogP contribution in [0.1, 0.15) is 0 Å². The summed E-state index contributed by atoms with van der Waals surface area (Å²) in [5.74, 6) is 1.98. The van der Waals surface area contributed by atoms with Crippen LogP contribution in [0.5, 0.6) is 0 Å². The van der Waals surface area contributed by atoms with Crippen LogP contribution in [-0.2, 0) is 0 Å². The van der Waals surface area contributed by atoms with Gasteiger partial charge in [-0.05, 0) is 20.3 Å². The van der Waals surface area contributed by atoms with Crippen molar-refractivity contribution in [3.05, 3.63) is 23.5 Å². The van der Waals surface area contributed by atoms with Crippen molar-refractivity contribution in [2.75, 3.05) is 12.8 Å². The molecule has 0 fully saturated rings. The number of hydrogen-bond acceptors (Lipinski definition) is 0. The van der Waals surface area contributed by atoms with Crippen molar-refractivity contribution in [1.82, 2.24) is 0 Å². The Morgan fingerprint density at radius 1 is 1.75 bits per heavy atom. The average molecular weight is 129 g/mol. The molecule has 0 aromatic heterocycles. The fourth-order valence-corrected chi connectivity index (χ4v) is 1.30. The minimum Gasteiger partial charge on any atom is -0.246 e. The molecule has 0 atom stereocenters. The standard InChI is InChI=1S/C6H7FP/c7-5-6-1-3-8-4-2-6/h1-3H,4-5H2. The van der Waals surface area contributed by atoms with Gasteiger partial charge in [-0.15, -0.1) is 0 Å². The number of allylic oxidation sites excluding steroid dienone is 3. The van der Waals surface area contributed by atoms with Gasteiger partial charge < -0.3 is 0 Å². The number of hydrogen-bond donors (Lipinski definition) is 0. The predicted molar refractivity (Wildman–Crippen MR) is 35.0 cm³/mol. The molecule has 1 rings (SSSR count). The monoisotopic (exact) mass is 129 g/mol. The van der Waals surface area contributed by atoms with E-state index in [-0.39, 0.29) is 6.67 Å². The van der Waals surface area contributed by atoms with Gasteiger partial charge in [0.2, 0.25) is 0 Å². The Morgan fingerprint density at radius 2 is 2.62 bits per heavy atom. The number of halogens is 1. The highest BCUT2D eigenvalue weighted by atomic mass is 31.1. The SMILES string of the molecule is FCC1=CC[P]C=C1. The van der Waals surface area contributed by atoms with Gasteiger partial charge in [-0.25, -0.2) is 4.39 Å². The van der Waals surface area contributed by atoms with E-state index in [1.54, 1.807) is 0 Å². The molecule has 0 aromatic carbocycles. The van der Waals surface area contributed by atoms with Gasteiger partial charge >= 0.3 is 0 Å². The molecule has 1 heterocycles. The summed E-state index contributed by atoms with van der Waals surface area (Å²) in [5.41, 5.74) is 0.823. The lowest BCUT2D eigenvalue weighted by Gasteiger charge is -1.98. The van der Waals surface area contributed by atoms with Crippen LogP contribution < -0.4 is 0 Å². The lowest BCUT2D eigenvalue weighted by molar-refractivity contribution is 0.549. The Morgan fingerprint density at radius 3 is 3.00 bits per heavy atom. The number of alkyl halides is 1. The molecular formula is C6H7FP. The summed E-state index contributed by atoms with van der Waals surface area (Å²) < 4.78 is 11.8. The van der Waals surface area contributed by atoms with Crippen LogP contribution in [0.2, 0.25) is 0 Å². The molecule has 0 amide bonds.